The number of β-amino-alcohol motifs (C(OH)–C–C–N with tert-alkyl or cyclic N) is 1. The van der Waals surface area contributed by atoms with Crippen molar-refractivity contribution < 1.29 is 13.5 Å². The van der Waals surface area contributed by atoms with Crippen molar-refractivity contribution in [2.45, 2.75) is 12.6 Å². The van der Waals surface area contributed by atoms with Gasteiger partial charge in [0, 0.05) is 56.4 Å². The Morgan fingerprint density at radius 2 is 1.96 bits per heavy atom. The van der Waals surface area contributed by atoms with E-state index in [0.717, 1.165) is 11.3 Å². The molecule has 1 aliphatic rings. The smallest absolute Gasteiger partial charge is 0.214 e. The van der Waals surface area contributed by atoms with Crippen LogP contribution in [0.2, 0.25) is 5.02 Å². The number of rotatable bonds is 6. The third-order valence-corrected chi connectivity index (χ3v) is 6.81. The number of aliphatic hydroxyl groups is 1. The zero-order valence-electron chi connectivity index (χ0n) is 14.8. The van der Waals surface area contributed by atoms with Gasteiger partial charge in [-0.05, 0) is 24.3 Å². The molecule has 26 heavy (non-hydrogen) atoms. The van der Waals surface area contributed by atoms with Crippen molar-refractivity contribution in [3.63, 3.8) is 0 Å². The second-order valence-corrected chi connectivity index (χ2v) is 9.52. The molecular weight excluding hydrogens is 376 g/mol. The predicted octanol–water partition coefficient (Wildman–Crippen LogP) is 1.21. The van der Waals surface area contributed by atoms with Crippen LogP contribution in [0.15, 0.2) is 36.7 Å². The molecule has 0 aliphatic carbocycles. The van der Waals surface area contributed by atoms with Crippen LogP contribution in [0.1, 0.15) is 5.56 Å². The minimum atomic E-state index is -3.33. The molecule has 0 unspecified atom stereocenters. The summed E-state index contributed by atoms with van der Waals surface area (Å²) in [4.78, 5) is 2.06. The Kier molecular flexibility index (Phi) is 5.69. The Balaban J connectivity index is 1.63. The molecule has 0 radical (unpaired) electrons. The molecule has 1 aliphatic heterocycles. The summed E-state index contributed by atoms with van der Waals surface area (Å²) < 4.78 is 27.1. The van der Waals surface area contributed by atoms with E-state index in [-0.39, 0.29) is 11.7 Å². The standard InChI is InChI=1S/C17H23ClN4O3S/c1-20(2)26(24,25)12-14-10-21(11-17(14)23)8-13-7-19-22(9-13)16-5-3-15(18)4-6-16/h3-7,9,14,17,23H,8,10-12H2,1-2H3/t14-,17-/m0/s1. The van der Waals surface area contributed by atoms with Crippen LogP contribution in [-0.2, 0) is 16.6 Å². The first-order valence-corrected chi connectivity index (χ1v) is 10.3. The van der Waals surface area contributed by atoms with Crippen LogP contribution in [-0.4, -0.2) is 71.6 Å². The summed E-state index contributed by atoms with van der Waals surface area (Å²) in [7, 11) is -0.300. The molecule has 0 amide bonds. The van der Waals surface area contributed by atoms with Gasteiger partial charge in [0.2, 0.25) is 10.0 Å². The monoisotopic (exact) mass is 398 g/mol. The van der Waals surface area contributed by atoms with Gasteiger partial charge >= 0.3 is 0 Å². The molecule has 1 N–H and O–H groups in total. The lowest BCUT2D eigenvalue weighted by Crippen LogP contribution is -2.33. The van der Waals surface area contributed by atoms with E-state index in [1.807, 2.05) is 30.5 Å². The van der Waals surface area contributed by atoms with Gasteiger partial charge in [-0.2, -0.15) is 5.10 Å². The predicted molar refractivity (Wildman–Crippen MR) is 101 cm³/mol. The first-order valence-electron chi connectivity index (χ1n) is 8.35. The number of hydrogen-bond acceptors (Lipinski definition) is 5. The Morgan fingerprint density at radius 3 is 2.62 bits per heavy atom. The van der Waals surface area contributed by atoms with Crippen molar-refractivity contribution in [2.24, 2.45) is 5.92 Å². The van der Waals surface area contributed by atoms with Crippen molar-refractivity contribution in [3.05, 3.63) is 47.2 Å². The van der Waals surface area contributed by atoms with Gasteiger partial charge in [0.1, 0.15) is 0 Å². The number of hydrogen-bond donors (Lipinski definition) is 1. The summed E-state index contributed by atoms with van der Waals surface area (Å²) in [5.41, 5.74) is 1.92. The van der Waals surface area contributed by atoms with Crippen LogP contribution in [0.25, 0.3) is 5.69 Å². The average molecular weight is 399 g/mol. The zero-order valence-corrected chi connectivity index (χ0v) is 16.4. The maximum atomic E-state index is 12.1. The molecule has 2 aromatic rings. The summed E-state index contributed by atoms with van der Waals surface area (Å²) in [5.74, 6) is -0.324. The van der Waals surface area contributed by atoms with Crippen LogP contribution in [0, 0.1) is 5.92 Å². The fourth-order valence-electron chi connectivity index (χ4n) is 3.09. The van der Waals surface area contributed by atoms with E-state index in [9.17, 15) is 13.5 Å². The van der Waals surface area contributed by atoms with E-state index in [0.29, 0.717) is 24.7 Å². The Bertz CT molecular complexity index is 851. The average Bonchev–Trinajstić information content (AvgIpc) is 3.15. The summed E-state index contributed by atoms with van der Waals surface area (Å²) in [5, 5.41) is 15.3. The molecule has 3 rings (SSSR count). The van der Waals surface area contributed by atoms with Crippen molar-refractivity contribution in [1.82, 2.24) is 19.0 Å². The number of aromatic nitrogens is 2. The van der Waals surface area contributed by atoms with Crippen molar-refractivity contribution in [1.29, 1.82) is 0 Å². The van der Waals surface area contributed by atoms with E-state index < -0.39 is 16.1 Å². The van der Waals surface area contributed by atoms with E-state index in [1.165, 1.54) is 18.4 Å². The lowest BCUT2D eigenvalue weighted by atomic mass is 10.1. The molecule has 9 heteroatoms. The SMILES string of the molecule is CN(C)S(=O)(=O)C[C@@H]1CN(Cc2cnn(-c3ccc(Cl)cc3)c2)C[C@@H]1O. The van der Waals surface area contributed by atoms with Gasteiger partial charge in [-0.3, -0.25) is 4.90 Å². The summed E-state index contributed by atoms with van der Waals surface area (Å²) in [6.07, 6.45) is 3.07. The van der Waals surface area contributed by atoms with E-state index >= 15 is 0 Å². The molecule has 1 saturated heterocycles. The molecule has 1 fully saturated rings. The second-order valence-electron chi connectivity index (χ2n) is 6.85. The highest BCUT2D eigenvalue weighted by atomic mass is 35.5. The third kappa shape index (κ3) is 4.44. The van der Waals surface area contributed by atoms with Gasteiger partial charge < -0.3 is 5.11 Å². The molecule has 142 valence electrons. The van der Waals surface area contributed by atoms with Gasteiger partial charge in [0.25, 0.3) is 0 Å². The highest BCUT2D eigenvalue weighted by Crippen LogP contribution is 2.22. The Morgan fingerprint density at radius 1 is 1.27 bits per heavy atom. The van der Waals surface area contributed by atoms with Crippen LogP contribution < -0.4 is 0 Å². The largest absolute Gasteiger partial charge is 0.391 e. The minimum Gasteiger partial charge on any atom is -0.391 e. The summed E-state index contributed by atoms with van der Waals surface area (Å²) in [6.45, 7) is 1.61. The Hall–Kier alpha value is -1.45. The summed E-state index contributed by atoms with van der Waals surface area (Å²) in [6, 6.07) is 7.40. The van der Waals surface area contributed by atoms with Crippen molar-refractivity contribution >= 4 is 21.6 Å². The van der Waals surface area contributed by atoms with E-state index in [4.69, 9.17) is 11.6 Å². The number of likely N-dealkylation sites (tertiary alicyclic amines) is 1. The topological polar surface area (TPSA) is 78.7 Å². The first kappa shape index (κ1) is 19.3. The number of halogens is 1. The Labute approximate surface area is 158 Å². The fraction of sp³-hybridized carbons (Fsp3) is 0.471. The highest BCUT2D eigenvalue weighted by molar-refractivity contribution is 7.89. The quantitative estimate of drug-likeness (QED) is 0.791. The minimum absolute atomic E-state index is 0.0400. The van der Waals surface area contributed by atoms with E-state index in [2.05, 4.69) is 10.00 Å². The van der Waals surface area contributed by atoms with Gasteiger partial charge in [-0.1, -0.05) is 11.6 Å². The van der Waals surface area contributed by atoms with Crippen molar-refractivity contribution in [2.75, 3.05) is 32.9 Å². The molecule has 1 aromatic heterocycles. The van der Waals surface area contributed by atoms with Gasteiger partial charge in [0.05, 0.1) is 23.7 Å². The number of aliphatic hydroxyl groups excluding tert-OH is 1. The van der Waals surface area contributed by atoms with Gasteiger partial charge in [0.15, 0.2) is 0 Å². The first-order chi connectivity index (χ1) is 12.2. The highest BCUT2D eigenvalue weighted by Gasteiger charge is 2.35. The molecule has 0 bridgehead atoms. The molecule has 0 spiro atoms. The molecule has 0 saturated carbocycles. The van der Waals surface area contributed by atoms with Crippen LogP contribution in [0.4, 0.5) is 0 Å². The normalized spacial score (nSPS) is 21.6. The fourth-order valence-corrected chi connectivity index (χ4v) is 4.38. The van der Waals surface area contributed by atoms with Gasteiger partial charge in [-0.15, -0.1) is 0 Å². The molecule has 2 heterocycles. The lowest BCUT2D eigenvalue weighted by Gasteiger charge is -2.17. The summed E-state index contributed by atoms with van der Waals surface area (Å²) >= 11 is 5.90. The van der Waals surface area contributed by atoms with Crippen LogP contribution in [0.3, 0.4) is 0 Å². The molecule has 1 aromatic carbocycles. The van der Waals surface area contributed by atoms with Crippen LogP contribution in [0.5, 0.6) is 0 Å². The molecular formula is C17H23ClN4O3S. The molecule has 7 nitrogen and oxygen atoms in total. The number of sulfonamides is 1. The lowest BCUT2D eigenvalue weighted by molar-refractivity contribution is 0.148. The van der Waals surface area contributed by atoms with Crippen LogP contribution >= 0.6 is 11.6 Å². The van der Waals surface area contributed by atoms with Crippen molar-refractivity contribution in [3.8, 4) is 5.69 Å². The second kappa shape index (κ2) is 7.66. The van der Waals surface area contributed by atoms with E-state index in [1.54, 1.807) is 10.9 Å². The van der Waals surface area contributed by atoms with Gasteiger partial charge in [-0.25, -0.2) is 17.4 Å². The number of nitrogens with zero attached hydrogens (tertiary/aromatic N) is 4. The molecule has 2 atom stereocenters. The zero-order chi connectivity index (χ0) is 18.9. The third-order valence-electron chi connectivity index (χ3n) is 4.60. The maximum absolute atomic E-state index is 12.1. The maximum Gasteiger partial charge on any atom is 0.214 e. The number of benzene rings is 1.